The molecule has 0 aromatic heterocycles. The number of hydrogen-bond donors (Lipinski definition) is 2. The molecule has 4 rings (SSSR count). The van der Waals surface area contributed by atoms with Crippen molar-refractivity contribution in [3.05, 3.63) is 96.1 Å². The molecule has 0 aliphatic rings. The molecule has 10 heteroatoms. The molecule has 0 spiro atoms. The summed E-state index contributed by atoms with van der Waals surface area (Å²) in [5.74, 6) is 5.17. The minimum atomic E-state index is 0.0914. The second-order valence-corrected chi connectivity index (χ2v) is 17.8. The molecule has 0 fully saturated rings. The fourth-order valence-corrected chi connectivity index (χ4v) is 7.94. The largest absolute Gasteiger partial charge is 0.490 e. The third-order valence-corrected chi connectivity index (χ3v) is 12.0. The monoisotopic (exact) mass is 937 g/mol. The van der Waals surface area contributed by atoms with Crippen LogP contribution in [0.15, 0.2) is 95.2 Å². The number of nitrogens with zero attached hydrogens (tertiary/aromatic N) is 2. The molecule has 2 N–H and O–H groups in total. The van der Waals surface area contributed by atoms with E-state index in [1.807, 2.05) is 36.4 Å². The van der Waals surface area contributed by atoms with Crippen molar-refractivity contribution in [2.24, 2.45) is 10.3 Å². The van der Waals surface area contributed by atoms with Crippen LogP contribution >= 0.6 is 0 Å². The molecule has 0 amide bonds. The maximum Gasteiger partial charge on any atom is 0.164 e. The van der Waals surface area contributed by atoms with Gasteiger partial charge in [0.25, 0.3) is 0 Å². The Morgan fingerprint density at radius 3 is 0.882 bits per heavy atom. The van der Waals surface area contributed by atoms with E-state index < -0.39 is 0 Å². The van der Waals surface area contributed by atoms with Crippen molar-refractivity contribution in [3.8, 4) is 46.0 Å². The molecule has 0 saturated heterocycles. The van der Waals surface area contributed by atoms with Crippen LogP contribution < -0.4 is 28.4 Å². The Balaban J connectivity index is 1.38. The van der Waals surface area contributed by atoms with Crippen LogP contribution in [0.3, 0.4) is 0 Å². The van der Waals surface area contributed by atoms with Crippen molar-refractivity contribution in [2.45, 2.75) is 182 Å². The first kappa shape index (κ1) is 55.2. The van der Waals surface area contributed by atoms with Gasteiger partial charge < -0.3 is 38.8 Å². The zero-order valence-corrected chi connectivity index (χ0v) is 42.1. The third kappa shape index (κ3) is 21.3. The summed E-state index contributed by atoms with van der Waals surface area (Å²) in [6.45, 7) is 11.5. The predicted octanol–water partition coefficient (Wildman–Crippen LogP) is 17.3. The fourth-order valence-electron chi connectivity index (χ4n) is 7.94. The Morgan fingerprint density at radius 2 is 0.588 bits per heavy atom. The van der Waals surface area contributed by atoms with E-state index in [0.717, 1.165) is 62.9 Å². The molecule has 0 heterocycles. The van der Waals surface area contributed by atoms with E-state index in [1.54, 1.807) is 48.5 Å². The van der Waals surface area contributed by atoms with Crippen molar-refractivity contribution >= 4 is 11.4 Å². The summed E-state index contributed by atoms with van der Waals surface area (Å²) >= 11 is 0. The van der Waals surface area contributed by atoms with E-state index in [1.165, 1.54) is 103 Å². The van der Waals surface area contributed by atoms with E-state index in [4.69, 9.17) is 28.4 Å². The highest BCUT2D eigenvalue weighted by Gasteiger charge is 2.18. The summed E-state index contributed by atoms with van der Waals surface area (Å²) in [4.78, 5) is 0. The van der Waals surface area contributed by atoms with E-state index in [9.17, 15) is 10.4 Å². The normalized spacial score (nSPS) is 11.7. The van der Waals surface area contributed by atoms with Crippen molar-refractivity contribution in [2.75, 3.05) is 26.4 Å². The average Bonchev–Trinajstić information content (AvgIpc) is 3.36. The van der Waals surface area contributed by atoms with E-state index >= 15 is 0 Å². The standard InChI is InChI=1S/C58H84N2O8/c1-5-9-13-17-21-25-41-63-53-39-37-51(45-55(53)65-43-27-23-19-15-11-7-3)67-49-33-29-47(30-34-49)57(59-61)58(60-62)48-31-35-50(36-32-48)68-52-38-40-54(64-42-26-22-18-14-10-6-2)56(46-52)66-44-28-24-20-16-12-8-4/h29-40,45-46,61-62H,5-28,41-44H2,1-4H3/b59-57-,60-58+. The molecule has 68 heavy (non-hydrogen) atoms. The molecule has 0 aliphatic carbocycles. The highest BCUT2D eigenvalue weighted by atomic mass is 16.5. The highest BCUT2D eigenvalue weighted by Crippen LogP contribution is 2.36. The van der Waals surface area contributed by atoms with Crippen LogP contribution in [0, 0.1) is 0 Å². The number of rotatable bonds is 39. The minimum Gasteiger partial charge on any atom is -0.490 e. The van der Waals surface area contributed by atoms with E-state index in [-0.39, 0.29) is 11.4 Å². The maximum atomic E-state index is 10.2. The molecule has 4 aromatic carbocycles. The molecule has 0 saturated carbocycles. The predicted molar refractivity (Wildman–Crippen MR) is 278 cm³/mol. The van der Waals surface area contributed by atoms with Gasteiger partial charge in [-0.3, -0.25) is 0 Å². The number of oxime groups is 2. The summed E-state index contributed by atoms with van der Waals surface area (Å²) in [6.07, 6.45) is 28.6. The minimum absolute atomic E-state index is 0.0914. The number of hydrogen-bond acceptors (Lipinski definition) is 10. The summed E-state index contributed by atoms with van der Waals surface area (Å²) in [5, 5.41) is 27.5. The second-order valence-electron chi connectivity index (χ2n) is 17.8. The second kappa shape index (κ2) is 34.8. The Labute approximate surface area is 409 Å². The van der Waals surface area contributed by atoms with Crippen LogP contribution in [0.1, 0.15) is 193 Å². The lowest BCUT2D eigenvalue weighted by Gasteiger charge is -2.15. The van der Waals surface area contributed by atoms with Gasteiger partial charge in [0.2, 0.25) is 0 Å². The fraction of sp³-hybridized carbons (Fsp3) is 0.552. The van der Waals surface area contributed by atoms with Gasteiger partial charge in [-0.2, -0.15) is 0 Å². The SMILES string of the molecule is CCCCCCCCOc1ccc(Oc2ccc(C(=N/O)/C(=N/O)c3ccc(Oc4ccc(OCCCCCCCC)c(OCCCCCCCC)c4)cc3)cc2)cc1OCCCCCCCC. The summed E-state index contributed by atoms with van der Waals surface area (Å²) in [5.41, 5.74) is 1.24. The first-order chi connectivity index (χ1) is 33.5. The highest BCUT2D eigenvalue weighted by molar-refractivity contribution is 6.53. The van der Waals surface area contributed by atoms with Gasteiger partial charge in [-0.1, -0.05) is 166 Å². The first-order valence-electron chi connectivity index (χ1n) is 26.3. The summed E-state index contributed by atoms with van der Waals surface area (Å²) in [7, 11) is 0. The summed E-state index contributed by atoms with van der Waals surface area (Å²) in [6, 6.07) is 25.5. The van der Waals surface area contributed by atoms with Crippen LogP contribution in [-0.2, 0) is 0 Å². The average molecular weight is 937 g/mol. The van der Waals surface area contributed by atoms with Crippen LogP contribution in [-0.4, -0.2) is 48.3 Å². The van der Waals surface area contributed by atoms with Crippen molar-refractivity contribution < 1.29 is 38.8 Å². The topological polar surface area (TPSA) is 121 Å². The molecular formula is C58H84N2O8. The Bertz CT molecular complexity index is 1840. The van der Waals surface area contributed by atoms with Crippen molar-refractivity contribution in [3.63, 3.8) is 0 Å². The zero-order chi connectivity index (χ0) is 48.3. The molecule has 0 aliphatic heterocycles. The lowest BCUT2D eigenvalue weighted by atomic mass is 10.00. The zero-order valence-electron chi connectivity index (χ0n) is 42.1. The van der Waals surface area contributed by atoms with Gasteiger partial charge in [0.05, 0.1) is 26.4 Å². The Morgan fingerprint density at radius 1 is 0.324 bits per heavy atom. The molecular weight excluding hydrogens is 853 g/mol. The number of benzene rings is 4. The molecule has 0 atom stereocenters. The molecule has 374 valence electrons. The Hall–Kier alpha value is -5.38. The van der Waals surface area contributed by atoms with E-state index in [0.29, 0.717) is 72.1 Å². The molecule has 0 bridgehead atoms. The van der Waals surface area contributed by atoms with Gasteiger partial charge in [-0.25, -0.2) is 0 Å². The van der Waals surface area contributed by atoms with Crippen molar-refractivity contribution in [1.29, 1.82) is 0 Å². The van der Waals surface area contributed by atoms with Gasteiger partial charge in [0.1, 0.15) is 34.4 Å². The van der Waals surface area contributed by atoms with Gasteiger partial charge in [0.15, 0.2) is 23.0 Å². The van der Waals surface area contributed by atoms with Gasteiger partial charge in [-0.05, 0) is 98.5 Å². The third-order valence-electron chi connectivity index (χ3n) is 12.0. The van der Waals surface area contributed by atoms with Gasteiger partial charge in [0, 0.05) is 23.3 Å². The van der Waals surface area contributed by atoms with Crippen LogP contribution in [0.2, 0.25) is 0 Å². The smallest absolute Gasteiger partial charge is 0.164 e. The lowest BCUT2D eigenvalue weighted by molar-refractivity contribution is 0.257. The van der Waals surface area contributed by atoms with Gasteiger partial charge >= 0.3 is 0 Å². The number of ether oxygens (including phenoxy) is 6. The molecule has 10 nitrogen and oxygen atoms in total. The van der Waals surface area contributed by atoms with Gasteiger partial charge in [-0.15, -0.1) is 0 Å². The summed E-state index contributed by atoms with van der Waals surface area (Å²) < 4.78 is 37.5. The Kier molecular flexibility index (Phi) is 28.3. The van der Waals surface area contributed by atoms with Crippen molar-refractivity contribution in [1.82, 2.24) is 0 Å². The molecule has 0 unspecified atom stereocenters. The first-order valence-corrected chi connectivity index (χ1v) is 26.3. The molecule has 4 aromatic rings. The van der Waals surface area contributed by atoms with Crippen LogP contribution in [0.4, 0.5) is 0 Å². The molecule has 0 radical (unpaired) electrons. The maximum absolute atomic E-state index is 10.2. The quantitative estimate of drug-likeness (QED) is 0.0196. The van der Waals surface area contributed by atoms with E-state index in [2.05, 4.69) is 38.0 Å². The number of unbranched alkanes of at least 4 members (excludes halogenated alkanes) is 20. The lowest BCUT2D eigenvalue weighted by Crippen LogP contribution is -2.17. The van der Waals surface area contributed by atoms with Crippen LogP contribution in [0.25, 0.3) is 0 Å². The van der Waals surface area contributed by atoms with Crippen LogP contribution in [0.5, 0.6) is 46.0 Å².